The van der Waals surface area contributed by atoms with Gasteiger partial charge in [0.2, 0.25) is 5.91 Å². The van der Waals surface area contributed by atoms with Crippen molar-refractivity contribution in [1.82, 2.24) is 46.0 Å². The van der Waals surface area contributed by atoms with E-state index in [9.17, 15) is 59.4 Å². The van der Waals surface area contributed by atoms with E-state index in [0.29, 0.717) is 102 Å². The van der Waals surface area contributed by atoms with Gasteiger partial charge in [0, 0.05) is 67.9 Å². The summed E-state index contributed by atoms with van der Waals surface area (Å²) in [6.07, 6.45) is -16.4. The van der Waals surface area contributed by atoms with Gasteiger partial charge in [-0.1, -0.05) is 24.0 Å². The summed E-state index contributed by atoms with van der Waals surface area (Å²) in [6.45, 7) is 0.747. The van der Waals surface area contributed by atoms with Crippen LogP contribution in [0.2, 0.25) is 0 Å². The average molecular weight is 1170 g/mol. The minimum absolute atomic E-state index is 0.181. The number of ether oxygens (including phenoxy) is 4. The molecule has 3 fully saturated rings. The number of benzene rings is 2. The van der Waals surface area contributed by atoms with Crippen LogP contribution in [0.1, 0.15) is 56.5 Å². The smallest absolute Gasteiger partial charge is 0.407 e. The van der Waals surface area contributed by atoms with Crippen molar-refractivity contribution in [3.05, 3.63) is 101 Å². The van der Waals surface area contributed by atoms with E-state index < -0.39 is 115 Å². The number of amides is 4. The van der Waals surface area contributed by atoms with Gasteiger partial charge < -0.3 is 44.9 Å². The number of aromatic nitrogens is 3. The standard InChI is InChI=1S/C53H60F10N10O9/c1-50(2,52(58,59)60)43(67-49(78)79-6)45(75)66-40(17-30-10-7-29(8-11-30)9-12-31-13-14-42(65-20-31)70-21-33-25-80-26-34(22-70)73(33)35-27-81-28-35)41(74)24-71(69-46(76)44(82-48(77)64-5)51(3,4)53(61,62)63)23-36-37(54)18-32(19-38(36)55)39-15-16-72(68-39)47(56)57/h7-8,10-11,13-16,18-20,33-35,40-41,43-44,47,74H,17,21-28H2,1-6H3,(H,64,77)(H,66,75)(H,67,78)(H,69,76)/t33-,34-,40-,41-,43+,44+/m0/s1. The van der Waals surface area contributed by atoms with Crippen molar-refractivity contribution in [3.8, 4) is 23.1 Å². The number of carbonyl (C=O) groups is 4. The summed E-state index contributed by atoms with van der Waals surface area (Å²) in [5.74, 6) is 0.612. The average Bonchev–Trinajstić information content (AvgIpc) is 3.99. The van der Waals surface area contributed by atoms with Gasteiger partial charge in [0.25, 0.3) is 5.91 Å². The lowest BCUT2D eigenvalue weighted by molar-refractivity contribution is -0.239. The van der Waals surface area contributed by atoms with Crippen molar-refractivity contribution in [3.63, 3.8) is 0 Å². The van der Waals surface area contributed by atoms with E-state index in [1.165, 1.54) is 24.3 Å². The molecule has 2 aromatic carbocycles. The number of aliphatic hydroxyl groups is 1. The zero-order chi connectivity index (χ0) is 60.1. The number of hydrazine groups is 1. The largest absolute Gasteiger partial charge is 0.453 e. The molecule has 29 heteroatoms. The molecular weight excluding hydrogens is 1110 g/mol. The zero-order valence-corrected chi connectivity index (χ0v) is 45.0. The third kappa shape index (κ3) is 14.5. The molecule has 6 atom stereocenters. The number of nitrogens with zero attached hydrogens (tertiary/aromatic N) is 6. The van der Waals surface area contributed by atoms with Crippen molar-refractivity contribution in [1.29, 1.82) is 0 Å². The lowest BCUT2D eigenvalue weighted by Gasteiger charge is -2.54. The maximum Gasteiger partial charge on any atom is 0.407 e. The molecule has 0 radical (unpaired) electrons. The summed E-state index contributed by atoms with van der Waals surface area (Å²) in [5, 5.41) is 22.2. The number of halogens is 10. The van der Waals surface area contributed by atoms with Gasteiger partial charge >= 0.3 is 31.1 Å². The molecule has 446 valence electrons. The topological polar surface area (TPSA) is 214 Å². The maximum atomic E-state index is 16.0. The van der Waals surface area contributed by atoms with Crippen LogP contribution in [0.5, 0.6) is 0 Å². The van der Waals surface area contributed by atoms with Crippen molar-refractivity contribution in [2.24, 2.45) is 10.8 Å². The van der Waals surface area contributed by atoms with Crippen LogP contribution in [0.3, 0.4) is 0 Å². The van der Waals surface area contributed by atoms with Crippen LogP contribution in [0.15, 0.2) is 67.0 Å². The summed E-state index contributed by atoms with van der Waals surface area (Å²) in [6, 6.07) is 8.50. The normalized spacial score (nSPS) is 18.5. The van der Waals surface area contributed by atoms with E-state index >= 15 is 8.78 Å². The molecule has 3 saturated heterocycles. The van der Waals surface area contributed by atoms with Crippen molar-refractivity contribution in [2.45, 2.75) is 102 Å². The number of rotatable bonds is 19. The fourth-order valence-electron chi connectivity index (χ4n) is 9.35. The van der Waals surface area contributed by atoms with Crippen LogP contribution in [-0.2, 0) is 41.5 Å². The van der Waals surface area contributed by atoms with Crippen LogP contribution in [0.25, 0.3) is 11.3 Å². The highest BCUT2D eigenvalue weighted by atomic mass is 19.4. The fraction of sp³-hybridized carbons (Fsp3) is 0.509. The Morgan fingerprint density at radius 3 is 1.91 bits per heavy atom. The Morgan fingerprint density at radius 1 is 0.805 bits per heavy atom. The fourth-order valence-corrected chi connectivity index (χ4v) is 9.35. The van der Waals surface area contributed by atoms with Gasteiger partial charge in [-0.15, -0.1) is 0 Å². The number of piperazine rings is 1. The Balaban J connectivity index is 1.18. The van der Waals surface area contributed by atoms with Gasteiger partial charge in [0.05, 0.1) is 74.9 Å². The van der Waals surface area contributed by atoms with Gasteiger partial charge in [-0.25, -0.2) is 33.0 Å². The summed E-state index contributed by atoms with van der Waals surface area (Å²) < 4.78 is 167. The van der Waals surface area contributed by atoms with E-state index in [0.717, 1.165) is 32.2 Å². The molecule has 5 heterocycles. The van der Waals surface area contributed by atoms with Crippen LogP contribution in [-0.4, -0.2) is 169 Å². The first kappa shape index (κ1) is 62.3. The second kappa shape index (κ2) is 25.5. The highest BCUT2D eigenvalue weighted by Crippen LogP contribution is 2.43. The van der Waals surface area contributed by atoms with Gasteiger partial charge in [-0.2, -0.15) is 40.2 Å². The molecule has 2 aromatic heterocycles. The lowest BCUT2D eigenvalue weighted by atomic mass is 9.82. The molecule has 0 aliphatic carbocycles. The van der Waals surface area contributed by atoms with Crippen LogP contribution < -0.4 is 26.3 Å². The first-order valence-corrected chi connectivity index (χ1v) is 25.5. The Morgan fingerprint density at radius 2 is 1.39 bits per heavy atom. The Kier molecular flexibility index (Phi) is 19.4. The van der Waals surface area contributed by atoms with Crippen LogP contribution >= 0.6 is 0 Å². The Bertz CT molecular complexity index is 2930. The van der Waals surface area contributed by atoms with E-state index in [2.05, 4.69) is 41.8 Å². The van der Waals surface area contributed by atoms with E-state index in [-0.39, 0.29) is 33.6 Å². The lowest BCUT2D eigenvalue weighted by Crippen LogP contribution is -2.70. The molecule has 19 nitrogen and oxygen atoms in total. The predicted octanol–water partition coefficient (Wildman–Crippen LogP) is 5.85. The van der Waals surface area contributed by atoms with Gasteiger partial charge in [0.15, 0.2) is 6.10 Å². The van der Waals surface area contributed by atoms with Crippen molar-refractivity contribution < 1.29 is 87.1 Å². The Hall–Kier alpha value is -7.26. The number of fused-ring (bicyclic) bond motifs is 2. The van der Waals surface area contributed by atoms with Crippen molar-refractivity contribution in [2.75, 3.05) is 65.1 Å². The molecule has 2 bridgehead atoms. The molecule has 4 aromatic rings. The number of hydrogen-bond donors (Lipinski definition) is 5. The van der Waals surface area contributed by atoms with Crippen LogP contribution in [0.4, 0.5) is 59.3 Å². The minimum atomic E-state index is -5.27. The maximum absolute atomic E-state index is 16.0. The summed E-state index contributed by atoms with van der Waals surface area (Å²) in [5.41, 5.74) is -4.60. The summed E-state index contributed by atoms with van der Waals surface area (Å²) >= 11 is 0. The number of pyridine rings is 1. The predicted molar refractivity (Wildman–Crippen MR) is 271 cm³/mol. The quantitative estimate of drug-likeness (QED) is 0.0423. The molecule has 7 rings (SSSR count). The van der Waals surface area contributed by atoms with Gasteiger partial charge in [-0.3, -0.25) is 19.9 Å². The molecule has 3 aliphatic heterocycles. The third-order valence-corrected chi connectivity index (χ3v) is 14.5. The molecular formula is C53H60F10N10O9. The Labute approximate surface area is 463 Å². The molecule has 0 saturated carbocycles. The van der Waals surface area contributed by atoms with Crippen LogP contribution in [0, 0.1) is 34.3 Å². The van der Waals surface area contributed by atoms with E-state index in [1.54, 1.807) is 6.20 Å². The second-order valence-corrected chi connectivity index (χ2v) is 20.9. The number of hydrogen-bond acceptors (Lipinski definition) is 14. The second-order valence-electron chi connectivity index (χ2n) is 20.9. The number of alkyl carbamates (subject to hydrolysis) is 2. The molecule has 5 N–H and O–H groups in total. The summed E-state index contributed by atoms with van der Waals surface area (Å²) in [4.78, 5) is 62.2. The van der Waals surface area contributed by atoms with E-state index in [1.807, 2.05) is 28.2 Å². The molecule has 4 amide bonds. The van der Waals surface area contributed by atoms with E-state index in [4.69, 9.17) is 14.2 Å². The number of alkyl halides is 8. The third-order valence-electron chi connectivity index (χ3n) is 14.5. The SMILES string of the molecule is CNC(=O)O[C@H](C(=O)NN(Cc1c(F)cc(-c2ccn(C(F)F)n2)cc1F)C[C@H](O)[C@H](Cc1ccc(C#Cc2ccc(N3C[C@H]4COC[C@H](C3)N4C3COC3)nc2)cc1)NC(=O)[C@@H](NC(=O)OC)C(C)(C)C(F)(F)F)C(C)(C)C(F)(F)F. The zero-order valence-electron chi connectivity index (χ0n) is 45.0. The van der Waals surface area contributed by atoms with Gasteiger partial charge in [-0.05, 0) is 82.1 Å². The number of carbonyl (C=O) groups excluding carboxylic acids is 4. The highest BCUT2D eigenvalue weighted by Gasteiger charge is 2.58. The van der Waals surface area contributed by atoms with Gasteiger partial charge in [0.1, 0.15) is 28.9 Å². The number of nitrogens with one attached hydrogen (secondary N) is 4. The molecule has 3 aliphatic rings. The number of aliphatic hydroxyl groups excluding tert-OH is 1. The number of anilines is 1. The molecule has 0 spiro atoms. The van der Waals surface area contributed by atoms with Crippen molar-refractivity contribution >= 4 is 29.8 Å². The number of morpholine rings is 1. The molecule has 0 unspecified atom stereocenters. The highest BCUT2D eigenvalue weighted by molar-refractivity contribution is 5.87. The number of methoxy groups -OCH3 is 1. The monoisotopic (exact) mass is 1170 g/mol. The minimum Gasteiger partial charge on any atom is -0.453 e. The first-order valence-electron chi connectivity index (χ1n) is 25.5. The first-order chi connectivity index (χ1) is 38.5. The summed E-state index contributed by atoms with van der Waals surface area (Å²) in [7, 11) is 1.79. The molecule has 82 heavy (non-hydrogen) atoms.